The molecule has 0 saturated carbocycles. The number of piperidine rings is 1. The van der Waals surface area contributed by atoms with E-state index in [9.17, 15) is 9.59 Å². The van der Waals surface area contributed by atoms with Gasteiger partial charge in [0.1, 0.15) is 17.0 Å². The van der Waals surface area contributed by atoms with Gasteiger partial charge in [0.05, 0.1) is 31.5 Å². The Labute approximate surface area is 196 Å². The number of hydrogen-bond donors (Lipinski definition) is 0. The largest absolute Gasteiger partial charge is 0.486 e. The third-order valence-corrected chi connectivity index (χ3v) is 6.72. The molecule has 32 heavy (non-hydrogen) atoms. The lowest BCUT2D eigenvalue weighted by Gasteiger charge is -2.49. The summed E-state index contributed by atoms with van der Waals surface area (Å²) in [5.74, 6) is -0.746. The van der Waals surface area contributed by atoms with Crippen molar-refractivity contribution in [1.29, 1.82) is 0 Å². The van der Waals surface area contributed by atoms with Crippen LogP contribution < -0.4 is 4.74 Å². The van der Waals surface area contributed by atoms with Gasteiger partial charge >= 0.3 is 12.1 Å². The predicted octanol–water partition coefficient (Wildman–Crippen LogP) is 4.12. The molecule has 8 nitrogen and oxygen atoms in total. The molecule has 176 valence electrons. The highest BCUT2D eigenvalue weighted by molar-refractivity contribution is 9.08. The van der Waals surface area contributed by atoms with Crippen LogP contribution in [0.5, 0.6) is 5.75 Å². The fourth-order valence-electron chi connectivity index (χ4n) is 4.66. The lowest BCUT2D eigenvalue weighted by atomic mass is 9.79. The quantitative estimate of drug-likeness (QED) is 0.436. The van der Waals surface area contributed by atoms with Gasteiger partial charge in [-0.05, 0) is 32.9 Å². The van der Waals surface area contributed by atoms with Crippen LogP contribution in [0.3, 0.4) is 0 Å². The number of esters is 1. The third kappa shape index (κ3) is 4.22. The maximum Gasteiger partial charge on any atom is 0.410 e. The molecule has 1 amide bonds. The Kier molecular flexibility index (Phi) is 6.19. The molecule has 0 unspecified atom stereocenters. The van der Waals surface area contributed by atoms with Gasteiger partial charge < -0.3 is 28.6 Å². The van der Waals surface area contributed by atoms with E-state index < -0.39 is 23.0 Å². The molecule has 0 radical (unpaired) electrons. The Morgan fingerprint density at radius 3 is 2.38 bits per heavy atom. The van der Waals surface area contributed by atoms with Crippen LogP contribution in [-0.2, 0) is 30.1 Å². The van der Waals surface area contributed by atoms with E-state index >= 15 is 0 Å². The molecule has 2 fully saturated rings. The Morgan fingerprint density at radius 1 is 1.16 bits per heavy atom. The number of nitrogens with zero attached hydrogens (tertiary/aromatic N) is 1. The highest BCUT2D eigenvalue weighted by Gasteiger charge is 2.55. The van der Waals surface area contributed by atoms with Crippen molar-refractivity contribution in [2.45, 2.75) is 62.4 Å². The summed E-state index contributed by atoms with van der Waals surface area (Å²) in [4.78, 5) is 26.6. The lowest BCUT2D eigenvalue weighted by molar-refractivity contribution is -0.219. The van der Waals surface area contributed by atoms with Crippen molar-refractivity contribution in [2.24, 2.45) is 0 Å². The number of carbonyl (C=O) groups excluding carboxylic acids is 2. The fraction of sp³-hybridized carbons (Fsp3) is 0.652. The number of methoxy groups -OCH3 is 1. The maximum absolute atomic E-state index is 12.5. The smallest absolute Gasteiger partial charge is 0.410 e. The number of ether oxygens (including phenoxy) is 5. The summed E-state index contributed by atoms with van der Waals surface area (Å²) in [6, 6.07) is 3.57. The molecule has 2 saturated heterocycles. The molecule has 3 aliphatic heterocycles. The van der Waals surface area contributed by atoms with E-state index in [-0.39, 0.29) is 6.09 Å². The van der Waals surface area contributed by atoms with Crippen LogP contribution in [0, 0.1) is 0 Å². The minimum absolute atomic E-state index is 0.319. The second-order valence-corrected chi connectivity index (χ2v) is 10.0. The average Bonchev–Trinajstić information content (AvgIpc) is 3.20. The van der Waals surface area contributed by atoms with E-state index in [0.29, 0.717) is 67.8 Å². The van der Waals surface area contributed by atoms with Gasteiger partial charge in [-0.15, -0.1) is 0 Å². The maximum atomic E-state index is 12.5. The first-order chi connectivity index (χ1) is 15.1. The Hall–Kier alpha value is -1.84. The van der Waals surface area contributed by atoms with Crippen molar-refractivity contribution in [1.82, 2.24) is 4.90 Å². The molecular weight excluding hydrogens is 482 g/mol. The number of alkyl halides is 1. The zero-order valence-electron chi connectivity index (χ0n) is 19.0. The van der Waals surface area contributed by atoms with Crippen LogP contribution in [0.2, 0.25) is 0 Å². The molecule has 4 rings (SSSR count). The highest BCUT2D eigenvalue weighted by atomic mass is 79.9. The molecule has 2 spiro atoms. The van der Waals surface area contributed by atoms with E-state index in [4.69, 9.17) is 23.7 Å². The molecule has 0 aliphatic carbocycles. The van der Waals surface area contributed by atoms with Crippen molar-refractivity contribution in [3.63, 3.8) is 0 Å². The number of likely N-dealkylation sites (tertiary alicyclic amines) is 1. The summed E-state index contributed by atoms with van der Waals surface area (Å²) in [5, 5.41) is 0.413. The second-order valence-electron chi connectivity index (χ2n) is 9.47. The third-order valence-electron chi connectivity index (χ3n) is 6.16. The number of halogens is 1. The van der Waals surface area contributed by atoms with Crippen molar-refractivity contribution in [2.75, 3.05) is 33.4 Å². The van der Waals surface area contributed by atoms with Crippen LogP contribution in [-0.4, -0.2) is 61.6 Å². The average molecular weight is 512 g/mol. The lowest BCUT2D eigenvalue weighted by Crippen LogP contribution is -2.56. The summed E-state index contributed by atoms with van der Waals surface area (Å²) < 4.78 is 29.5. The first kappa shape index (κ1) is 23.3. The van der Waals surface area contributed by atoms with Crippen LogP contribution in [0.1, 0.15) is 61.5 Å². The van der Waals surface area contributed by atoms with E-state index in [0.717, 1.165) is 5.56 Å². The first-order valence-electron chi connectivity index (χ1n) is 10.9. The van der Waals surface area contributed by atoms with Crippen LogP contribution >= 0.6 is 15.9 Å². The summed E-state index contributed by atoms with van der Waals surface area (Å²) >= 11 is 3.51. The van der Waals surface area contributed by atoms with Gasteiger partial charge in [-0.2, -0.15) is 0 Å². The Morgan fingerprint density at radius 2 is 1.81 bits per heavy atom. The van der Waals surface area contributed by atoms with Crippen molar-refractivity contribution < 1.29 is 33.3 Å². The summed E-state index contributed by atoms with van der Waals surface area (Å²) in [6.45, 7) is 7.55. The van der Waals surface area contributed by atoms with Gasteiger partial charge in [0.25, 0.3) is 0 Å². The van der Waals surface area contributed by atoms with Gasteiger partial charge in [-0.3, -0.25) is 0 Å². The summed E-state index contributed by atoms with van der Waals surface area (Å²) in [5.41, 5.74) is 0.817. The Balaban J connectivity index is 1.66. The first-order valence-corrected chi connectivity index (χ1v) is 12.0. The minimum Gasteiger partial charge on any atom is -0.486 e. The standard InChI is InChI=1S/C23H30BrNO7/c1-21(2,3)32-20(27)25-9-7-22(8-10-25)14-23(29-11-12-30-23)17-6-5-15(19(26)28-4)16(13-24)18(17)31-22/h5-6H,7-14H2,1-4H3. The van der Waals surface area contributed by atoms with Gasteiger partial charge in [-0.25, -0.2) is 9.59 Å². The highest BCUT2D eigenvalue weighted by Crippen LogP contribution is 2.53. The van der Waals surface area contributed by atoms with Crippen molar-refractivity contribution >= 4 is 28.0 Å². The van der Waals surface area contributed by atoms with Gasteiger partial charge in [-0.1, -0.05) is 15.9 Å². The molecule has 9 heteroatoms. The second kappa shape index (κ2) is 8.50. The van der Waals surface area contributed by atoms with Gasteiger partial charge in [0.15, 0.2) is 0 Å². The monoisotopic (exact) mass is 511 g/mol. The normalized spacial score (nSPS) is 21.2. The molecule has 0 aromatic heterocycles. The Bertz CT molecular complexity index is 896. The topological polar surface area (TPSA) is 83.5 Å². The molecule has 3 heterocycles. The SMILES string of the molecule is COC(=O)c1ccc2c(c1CBr)OC1(CCN(C(=O)OC(C)(C)C)CC1)CC21OCCO1. The van der Waals surface area contributed by atoms with Gasteiger partial charge in [0, 0.05) is 43.2 Å². The number of benzene rings is 1. The van der Waals surface area contributed by atoms with Gasteiger partial charge in [0.2, 0.25) is 5.79 Å². The molecule has 0 N–H and O–H groups in total. The molecule has 0 atom stereocenters. The fourth-order valence-corrected chi connectivity index (χ4v) is 5.22. The molecule has 0 bridgehead atoms. The van der Waals surface area contributed by atoms with E-state index in [1.54, 1.807) is 11.0 Å². The molecule has 3 aliphatic rings. The van der Waals surface area contributed by atoms with E-state index in [1.165, 1.54) is 7.11 Å². The van der Waals surface area contributed by atoms with Crippen molar-refractivity contribution in [3.05, 3.63) is 28.8 Å². The summed E-state index contributed by atoms with van der Waals surface area (Å²) in [7, 11) is 1.36. The number of amides is 1. The van der Waals surface area contributed by atoms with E-state index in [2.05, 4.69) is 15.9 Å². The number of rotatable bonds is 2. The molecular formula is C23H30BrNO7. The van der Waals surface area contributed by atoms with Crippen LogP contribution in [0.25, 0.3) is 0 Å². The van der Waals surface area contributed by atoms with Crippen LogP contribution in [0.15, 0.2) is 12.1 Å². The van der Waals surface area contributed by atoms with Crippen LogP contribution in [0.4, 0.5) is 4.79 Å². The minimum atomic E-state index is -0.923. The predicted molar refractivity (Wildman–Crippen MR) is 119 cm³/mol. The zero-order valence-corrected chi connectivity index (χ0v) is 20.6. The number of hydrogen-bond acceptors (Lipinski definition) is 7. The molecule has 1 aromatic rings. The summed E-state index contributed by atoms with van der Waals surface area (Å²) in [6.07, 6.45) is 1.41. The van der Waals surface area contributed by atoms with E-state index in [1.807, 2.05) is 26.8 Å². The number of fused-ring (bicyclic) bond motifs is 2. The number of carbonyl (C=O) groups is 2. The van der Waals surface area contributed by atoms with Crippen molar-refractivity contribution in [3.8, 4) is 5.75 Å². The zero-order chi connectivity index (χ0) is 23.1. The molecule has 1 aromatic carbocycles.